The summed E-state index contributed by atoms with van der Waals surface area (Å²) in [7, 11) is 0. The summed E-state index contributed by atoms with van der Waals surface area (Å²) >= 11 is 0. The van der Waals surface area contributed by atoms with E-state index in [2.05, 4.69) is 10.3 Å². The van der Waals surface area contributed by atoms with Crippen LogP contribution in [0, 0.1) is 18.7 Å². The summed E-state index contributed by atoms with van der Waals surface area (Å²) in [6.07, 6.45) is 2.58. The third kappa shape index (κ3) is 2.84. The highest BCUT2D eigenvalue weighted by molar-refractivity contribution is 5.94. The lowest BCUT2D eigenvalue weighted by atomic mass is 9.96. The van der Waals surface area contributed by atoms with Crippen molar-refractivity contribution >= 4 is 17.4 Å². The van der Waals surface area contributed by atoms with E-state index in [1.807, 2.05) is 6.92 Å². The number of anilines is 1. The van der Waals surface area contributed by atoms with Gasteiger partial charge in [-0.25, -0.2) is 13.8 Å². The Labute approximate surface area is 148 Å². The second-order valence-corrected chi connectivity index (χ2v) is 6.53. The zero-order valence-electron chi connectivity index (χ0n) is 14.0. The third-order valence-corrected chi connectivity index (χ3v) is 4.66. The number of aliphatic hydroxyl groups is 1. The molecule has 0 radical (unpaired) electrons. The maximum absolute atomic E-state index is 14.0. The first-order valence-corrected chi connectivity index (χ1v) is 8.31. The van der Waals surface area contributed by atoms with Gasteiger partial charge >= 0.3 is 0 Å². The number of imidazole rings is 1. The lowest BCUT2D eigenvalue weighted by Crippen LogP contribution is -2.15. The van der Waals surface area contributed by atoms with Crippen molar-refractivity contribution in [2.45, 2.75) is 26.1 Å². The molecule has 0 aliphatic heterocycles. The summed E-state index contributed by atoms with van der Waals surface area (Å²) in [4.78, 5) is 16.1. The molecule has 5 nitrogen and oxygen atoms in total. The number of aliphatic hydroxyl groups excluding tert-OH is 1. The molecule has 0 spiro atoms. The van der Waals surface area contributed by atoms with Gasteiger partial charge in [0, 0.05) is 11.8 Å². The van der Waals surface area contributed by atoms with Crippen molar-refractivity contribution in [3.05, 3.63) is 53.6 Å². The van der Waals surface area contributed by atoms with Gasteiger partial charge in [-0.1, -0.05) is 6.07 Å². The minimum Gasteiger partial charge on any atom is -0.392 e. The molecule has 1 fully saturated rings. The Kier molecular flexibility index (Phi) is 3.96. The number of carbonyl (C=O) groups is 1. The van der Waals surface area contributed by atoms with Gasteiger partial charge in [-0.05, 0) is 48.2 Å². The monoisotopic (exact) mass is 357 g/mol. The summed E-state index contributed by atoms with van der Waals surface area (Å²) in [6.45, 7) is 1.44. The van der Waals surface area contributed by atoms with Crippen LogP contribution in [0.4, 0.5) is 14.6 Å². The summed E-state index contributed by atoms with van der Waals surface area (Å²) in [5.41, 5.74) is 3.02. The lowest BCUT2D eigenvalue weighted by molar-refractivity contribution is -0.117. The van der Waals surface area contributed by atoms with Gasteiger partial charge in [0.2, 0.25) is 5.91 Å². The summed E-state index contributed by atoms with van der Waals surface area (Å²) < 4.78 is 28.7. The number of nitrogens with zero attached hydrogens (tertiary/aromatic N) is 2. The third-order valence-electron chi connectivity index (χ3n) is 4.66. The van der Waals surface area contributed by atoms with Crippen molar-refractivity contribution in [3.8, 4) is 11.1 Å². The Morgan fingerprint density at radius 1 is 1.35 bits per heavy atom. The Balaban J connectivity index is 1.70. The van der Waals surface area contributed by atoms with Gasteiger partial charge in [0.1, 0.15) is 17.6 Å². The molecule has 1 saturated carbocycles. The van der Waals surface area contributed by atoms with E-state index in [0.29, 0.717) is 17.0 Å². The van der Waals surface area contributed by atoms with Crippen LogP contribution in [0.2, 0.25) is 0 Å². The van der Waals surface area contributed by atoms with Crippen LogP contribution >= 0.6 is 0 Å². The van der Waals surface area contributed by atoms with E-state index < -0.39 is 24.5 Å². The van der Waals surface area contributed by atoms with Gasteiger partial charge in [-0.3, -0.25) is 4.79 Å². The highest BCUT2D eigenvalue weighted by Gasteiger charge is 2.43. The maximum Gasteiger partial charge on any atom is 0.231 e. The second-order valence-electron chi connectivity index (χ2n) is 6.53. The number of amides is 1. The topological polar surface area (TPSA) is 66.6 Å². The van der Waals surface area contributed by atoms with Gasteiger partial charge < -0.3 is 14.8 Å². The smallest absolute Gasteiger partial charge is 0.231 e. The molecule has 1 aliphatic rings. The van der Waals surface area contributed by atoms with Crippen LogP contribution in [-0.4, -0.2) is 26.6 Å². The van der Waals surface area contributed by atoms with Gasteiger partial charge in [0.25, 0.3) is 0 Å². The van der Waals surface area contributed by atoms with Crippen LogP contribution in [0.3, 0.4) is 0 Å². The van der Waals surface area contributed by atoms with Gasteiger partial charge in [0.05, 0.1) is 18.7 Å². The van der Waals surface area contributed by atoms with Crippen molar-refractivity contribution < 1.29 is 18.7 Å². The molecule has 2 N–H and O–H groups in total. The fraction of sp³-hybridized carbons (Fsp3) is 0.263. The molecule has 4 rings (SSSR count). The molecular weight excluding hydrogens is 340 g/mol. The maximum atomic E-state index is 14.0. The first-order valence-electron chi connectivity index (χ1n) is 8.31. The van der Waals surface area contributed by atoms with Gasteiger partial charge in [-0.15, -0.1) is 0 Å². The van der Waals surface area contributed by atoms with Crippen LogP contribution < -0.4 is 5.32 Å². The number of carbonyl (C=O) groups excluding carboxylic acids is 1. The molecule has 0 saturated heterocycles. The fourth-order valence-corrected chi connectivity index (χ4v) is 3.15. The number of pyridine rings is 1. The number of fused-ring (bicyclic) bond motifs is 1. The predicted molar refractivity (Wildman–Crippen MR) is 92.9 cm³/mol. The molecule has 1 amide bonds. The number of aryl methyl sites for hydroxylation is 1. The number of benzene rings is 1. The van der Waals surface area contributed by atoms with Crippen molar-refractivity contribution in [1.82, 2.24) is 9.38 Å². The quantitative estimate of drug-likeness (QED) is 0.753. The van der Waals surface area contributed by atoms with Gasteiger partial charge in [0.15, 0.2) is 5.82 Å². The molecule has 2 atom stereocenters. The van der Waals surface area contributed by atoms with E-state index in [1.165, 1.54) is 6.07 Å². The standard InChI is InChI=1S/C19H17F2N3O2/c1-10-2-4-14(20)13(9-25)18(10)11-3-5-17-22-16(8-24(17)7-11)23-19(26)12-6-15(12)21/h2-5,7-8,12,15,25H,6,9H2,1H3,(H,23,26). The van der Waals surface area contributed by atoms with Crippen LogP contribution in [0.5, 0.6) is 0 Å². The van der Waals surface area contributed by atoms with Crippen LogP contribution in [0.15, 0.2) is 36.7 Å². The predicted octanol–water partition coefficient (Wildman–Crippen LogP) is 3.24. The highest BCUT2D eigenvalue weighted by atomic mass is 19.1. The van der Waals surface area contributed by atoms with E-state index in [0.717, 1.165) is 11.1 Å². The van der Waals surface area contributed by atoms with Crippen molar-refractivity contribution in [2.24, 2.45) is 5.92 Å². The van der Waals surface area contributed by atoms with Crippen molar-refractivity contribution in [1.29, 1.82) is 0 Å². The molecule has 26 heavy (non-hydrogen) atoms. The Bertz CT molecular complexity index is 1020. The minimum atomic E-state index is -1.06. The van der Waals surface area contributed by atoms with Crippen molar-refractivity contribution in [3.63, 3.8) is 0 Å². The van der Waals surface area contributed by atoms with E-state index in [1.54, 1.807) is 35.0 Å². The summed E-state index contributed by atoms with van der Waals surface area (Å²) in [5, 5.41) is 12.2. The first kappa shape index (κ1) is 16.7. The molecule has 2 unspecified atom stereocenters. The molecule has 0 bridgehead atoms. The molecule has 7 heteroatoms. The van der Waals surface area contributed by atoms with Gasteiger partial charge in [-0.2, -0.15) is 0 Å². The Morgan fingerprint density at radius 2 is 2.12 bits per heavy atom. The van der Waals surface area contributed by atoms with E-state index in [-0.39, 0.29) is 17.9 Å². The minimum absolute atomic E-state index is 0.237. The van der Waals surface area contributed by atoms with Crippen molar-refractivity contribution in [2.75, 3.05) is 5.32 Å². The van der Waals surface area contributed by atoms with Crippen LogP contribution in [-0.2, 0) is 11.4 Å². The largest absolute Gasteiger partial charge is 0.392 e. The zero-order chi connectivity index (χ0) is 18.4. The number of rotatable bonds is 4. The summed E-state index contributed by atoms with van der Waals surface area (Å²) in [6, 6.07) is 6.53. The highest BCUT2D eigenvalue weighted by Crippen LogP contribution is 2.35. The summed E-state index contributed by atoms with van der Waals surface area (Å²) in [5.74, 6) is -1.08. The molecule has 1 aromatic carbocycles. The molecule has 3 aromatic rings. The number of hydrogen-bond donors (Lipinski definition) is 2. The van der Waals surface area contributed by atoms with E-state index in [4.69, 9.17) is 0 Å². The SMILES string of the molecule is Cc1ccc(F)c(CO)c1-c1ccc2nc(NC(=O)C3CC3F)cn2c1. The Hall–Kier alpha value is -2.80. The number of aromatic nitrogens is 2. The van der Waals surface area contributed by atoms with E-state index in [9.17, 15) is 18.7 Å². The molecule has 2 aromatic heterocycles. The lowest BCUT2D eigenvalue weighted by Gasteiger charge is -2.12. The fourth-order valence-electron chi connectivity index (χ4n) is 3.15. The number of hydrogen-bond acceptors (Lipinski definition) is 3. The van der Waals surface area contributed by atoms with E-state index >= 15 is 0 Å². The normalized spacial score (nSPS) is 18.9. The molecular formula is C19H17F2N3O2. The number of alkyl halides is 1. The number of halogens is 2. The average molecular weight is 357 g/mol. The molecule has 134 valence electrons. The first-order chi connectivity index (χ1) is 12.5. The average Bonchev–Trinajstić information content (AvgIpc) is 3.21. The second kappa shape index (κ2) is 6.17. The molecule has 2 heterocycles. The zero-order valence-corrected chi connectivity index (χ0v) is 14.0. The van der Waals surface area contributed by atoms with Crippen LogP contribution in [0.25, 0.3) is 16.8 Å². The Morgan fingerprint density at radius 3 is 2.81 bits per heavy atom. The van der Waals surface area contributed by atoms with Crippen LogP contribution in [0.1, 0.15) is 17.5 Å². The molecule has 1 aliphatic carbocycles. The number of nitrogens with one attached hydrogen (secondary N) is 1.